The second-order valence-corrected chi connectivity index (χ2v) is 5.91. The molecule has 0 radical (unpaired) electrons. The highest BCUT2D eigenvalue weighted by Gasteiger charge is 2.10. The first-order valence-corrected chi connectivity index (χ1v) is 7.05. The lowest BCUT2D eigenvalue weighted by Crippen LogP contribution is -2.03. The van der Waals surface area contributed by atoms with Crippen LogP contribution >= 0.6 is 22.9 Å². The number of pyridine rings is 1. The van der Waals surface area contributed by atoms with E-state index in [0.29, 0.717) is 15.6 Å². The molecule has 3 rings (SSSR count). The predicted octanol–water partition coefficient (Wildman–Crippen LogP) is 4.38. The Kier molecular flexibility index (Phi) is 3.32. The monoisotopic (exact) mass is 287 g/mol. The van der Waals surface area contributed by atoms with Crippen molar-refractivity contribution in [3.8, 4) is 0 Å². The van der Waals surface area contributed by atoms with Crippen molar-refractivity contribution in [3.63, 3.8) is 0 Å². The molecule has 0 aliphatic carbocycles. The van der Waals surface area contributed by atoms with E-state index in [1.54, 1.807) is 12.1 Å². The van der Waals surface area contributed by atoms with Gasteiger partial charge in [0.1, 0.15) is 0 Å². The van der Waals surface area contributed by atoms with E-state index in [-0.39, 0.29) is 5.78 Å². The summed E-state index contributed by atoms with van der Waals surface area (Å²) in [5, 5.41) is 1.08. The third-order valence-corrected chi connectivity index (χ3v) is 4.12. The van der Waals surface area contributed by atoms with Crippen LogP contribution in [0.4, 0.5) is 0 Å². The van der Waals surface area contributed by atoms with Gasteiger partial charge in [0.15, 0.2) is 5.78 Å². The van der Waals surface area contributed by atoms with Crippen LogP contribution in [-0.2, 0) is 6.42 Å². The van der Waals surface area contributed by atoms with Crippen molar-refractivity contribution in [1.82, 2.24) is 4.98 Å². The van der Waals surface area contributed by atoms with Crippen LogP contribution < -0.4 is 0 Å². The molecule has 2 heterocycles. The second-order valence-electron chi connectivity index (χ2n) is 4.20. The Bertz CT molecular complexity index is 750. The maximum Gasteiger partial charge on any atom is 0.178 e. The van der Waals surface area contributed by atoms with Crippen molar-refractivity contribution in [2.24, 2.45) is 0 Å². The van der Waals surface area contributed by atoms with Crippen LogP contribution in [0.15, 0.2) is 48.5 Å². The van der Waals surface area contributed by atoms with Crippen LogP contribution in [0.1, 0.15) is 15.4 Å². The van der Waals surface area contributed by atoms with Gasteiger partial charge in [0.05, 0.1) is 21.2 Å². The van der Waals surface area contributed by atoms with Gasteiger partial charge in [-0.15, -0.1) is 11.3 Å². The summed E-state index contributed by atoms with van der Waals surface area (Å²) in [5.41, 5.74) is 1.70. The predicted molar refractivity (Wildman–Crippen MR) is 79.1 cm³/mol. The number of hydrogen-bond acceptors (Lipinski definition) is 3. The number of ketones is 1. The molecular weight excluding hydrogens is 278 g/mol. The number of halogens is 1. The van der Waals surface area contributed by atoms with Crippen molar-refractivity contribution in [1.29, 1.82) is 0 Å². The van der Waals surface area contributed by atoms with Crippen LogP contribution in [-0.4, -0.2) is 10.8 Å². The van der Waals surface area contributed by atoms with Gasteiger partial charge in [0.2, 0.25) is 0 Å². The third kappa shape index (κ3) is 2.67. The summed E-state index contributed by atoms with van der Waals surface area (Å²) in [4.78, 5) is 17.3. The normalized spacial score (nSPS) is 10.8. The molecule has 2 nitrogen and oxygen atoms in total. The molecule has 19 heavy (non-hydrogen) atoms. The number of aromatic nitrogens is 1. The molecule has 3 aromatic rings. The average molecular weight is 288 g/mol. The molecule has 4 heteroatoms. The summed E-state index contributed by atoms with van der Waals surface area (Å²) in [6.07, 6.45) is 0.307. The quantitative estimate of drug-likeness (QED) is 0.669. The Labute approximate surface area is 119 Å². The van der Waals surface area contributed by atoms with E-state index < -0.39 is 0 Å². The Morgan fingerprint density at radius 2 is 1.95 bits per heavy atom. The zero-order valence-electron chi connectivity index (χ0n) is 9.97. The minimum atomic E-state index is 0.0553. The topological polar surface area (TPSA) is 30.0 Å². The van der Waals surface area contributed by atoms with Gasteiger partial charge in [0, 0.05) is 11.1 Å². The Morgan fingerprint density at radius 3 is 2.74 bits per heavy atom. The molecule has 2 aromatic heterocycles. The molecule has 0 saturated heterocycles. The highest BCUT2D eigenvalue weighted by atomic mass is 35.5. The van der Waals surface area contributed by atoms with Gasteiger partial charge in [-0.2, -0.15) is 0 Å². The lowest BCUT2D eigenvalue weighted by molar-refractivity contribution is 0.0996. The van der Waals surface area contributed by atoms with Crippen LogP contribution in [0.5, 0.6) is 0 Å². The molecule has 1 aromatic carbocycles. The van der Waals surface area contributed by atoms with Gasteiger partial charge in [-0.05, 0) is 24.3 Å². The van der Waals surface area contributed by atoms with E-state index in [1.165, 1.54) is 11.3 Å². The smallest absolute Gasteiger partial charge is 0.178 e. The molecule has 0 bridgehead atoms. The molecule has 0 atom stereocenters. The number of fused-ring (bicyclic) bond motifs is 1. The summed E-state index contributed by atoms with van der Waals surface area (Å²) in [5.74, 6) is 0.0553. The summed E-state index contributed by atoms with van der Waals surface area (Å²) in [7, 11) is 0. The van der Waals surface area contributed by atoms with Gasteiger partial charge < -0.3 is 0 Å². The minimum absolute atomic E-state index is 0.0553. The van der Waals surface area contributed by atoms with Gasteiger partial charge in [-0.1, -0.05) is 35.9 Å². The summed E-state index contributed by atoms with van der Waals surface area (Å²) >= 11 is 7.14. The fourth-order valence-corrected chi connectivity index (χ4v) is 2.90. The van der Waals surface area contributed by atoms with E-state index in [4.69, 9.17) is 11.6 Å². The number of hydrogen-bond donors (Lipinski definition) is 0. The van der Waals surface area contributed by atoms with Crippen LogP contribution in [0.2, 0.25) is 4.34 Å². The lowest BCUT2D eigenvalue weighted by atomic mass is 10.1. The number of nitrogens with zero attached hydrogens (tertiary/aromatic N) is 1. The molecule has 0 aliphatic rings. The molecule has 0 aliphatic heterocycles. The lowest BCUT2D eigenvalue weighted by Gasteiger charge is -2.01. The van der Waals surface area contributed by atoms with Crippen molar-refractivity contribution in [2.75, 3.05) is 0 Å². The first-order valence-electron chi connectivity index (χ1n) is 5.85. The highest BCUT2D eigenvalue weighted by molar-refractivity contribution is 7.18. The van der Waals surface area contributed by atoms with E-state index in [0.717, 1.165) is 16.6 Å². The molecule has 94 valence electrons. The molecule has 0 amide bonds. The van der Waals surface area contributed by atoms with E-state index in [9.17, 15) is 4.79 Å². The fourth-order valence-electron chi connectivity index (χ4n) is 1.92. The zero-order valence-corrected chi connectivity index (χ0v) is 11.5. The Morgan fingerprint density at radius 1 is 1.11 bits per heavy atom. The molecular formula is C15H10ClNOS. The number of benzene rings is 1. The number of carbonyl (C=O) groups is 1. The molecule has 0 unspecified atom stereocenters. The molecule has 0 saturated carbocycles. The number of thiophene rings is 1. The SMILES string of the molecule is O=C(Cc1ccc2ccccc2n1)c1ccc(Cl)s1. The maximum atomic E-state index is 12.1. The standard InChI is InChI=1S/C15H10ClNOS/c16-15-8-7-14(19-15)13(18)9-11-6-5-10-3-1-2-4-12(10)17-11/h1-8H,9H2. The molecule has 0 N–H and O–H groups in total. The Balaban J connectivity index is 1.87. The first-order chi connectivity index (χ1) is 9.22. The Hall–Kier alpha value is -1.71. The summed E-state index contributed by atoms with van der Waals surface area (Å²) in [6.45, 7) is 0. The maximum absolute atomic E-state index is 12.1. The number of Topliss-reactive ketones (excluding diaryl/α,β-unsaturated/α-hetero) is 1. The van der Waals surface area contributed by atoms with Crippen molar-refractivity contribution in [3.05, 3.63) is 63.4 Å². The minimum Gasteiger partial charge on any atom is -0.293 e. The summed E-state index contributed by atoms with van der Waals surface area (Å²) in [6, 6.07) is 15.3. The molecule has 0 spiro atoms. The van der Waals surface area contributed by atoms with Crippen LogP contribution in [0.3, 0.4) is 0 Å². The van der Waals surface area contributed by atoms with Crippen LogP contribution in [0.25, 0.3) is 10.9 Å². The fraction of sp³-hybridized carbons (Fsp3) is 0.0667. The summed E-state index contributed by atoms with van der Waals surface area (Å²) < 4.78 is 0.634. The van der Waals surface area contributed by atoms with Gasteiger partial charge in [-0.25, -0.2) is 0 Å². The van der Waals surface area contributed by atoms with Gasteiger partial charge in [0.25, 0.3) is 0 Å². The number of carbonyl (C=O) groups excluding carboxylic acids is 1. The van der Waals surface area contributed by atoms with Crippen molar-refractivity contribution < 1.29 is 4.79 Å². The third-order valence-electron chi connectivity index (χ3n) is 2.85. The largest absolute Gasteiger partial charge is 0.293 e. The second kappa shape index (κ2) is 5.11. The first kappa shape index (κ1) is 12.3. The van der Waals surface area contributed by atoms with Gasteiger partial charge in [-0.3, -0.25) is 9.78 Å². The van der Waals surface area contributed by atoms with E-state index in [1.807, 2.05) is 36.4 Å². The molecule has 0 fully saturated rings. The van der Waals surface area contributed by atoms with Crippen molar-refractivity contribution in [2.45, 2.75) is 6.42 Å². The average Bonchev–Trinajstić information content (AvgIpc) is 2.85. The number of rotatable bonds is 3. The van der Waals surface area contributed by atoms with E-state index >= 15 is 0 Å². The highest BCUT2D eigenvalue weighted by Crippen LogP contribution is 2.23. The van der Waals surface area contributed by atoms with Crippen molar-refractivity contribution >= 4 is 39.6 Å². The van der Waals surface area contributed by atoms with E-state index in [2.05, 4.69) is 4.98 Å². The zero-order chi connectivity index (χ0) is 13.2. The number of para-hydroxylation sites is 1. The van der Waals surface area contributed by atoms with Gasteiger partial charge >= 0.3 is 0 Å². The van der Waals surface area contributed by atoms with Crippen LogP contribution in [0, 0.1) is 0 Å².